The first-order chi connectivity index (χ1) is 10.1. The summed E-state index contributed by atoms with van der Waals surface area (Å²) in [4.78, 5) is 11.2. The molecule has 21 heavy (non-hydrogen) atoms. The number of hydrogen-bond donors (Lipinski definition) is 2. The standard InChI is InChI=1S/C14H20N4O3/c1-4-9-10(8-15)13(18-17-11(9)5-2)16-12(14(19)20)6-7-21-3/h12H,4-7H2,1-3H3,(H,16,18)(H,19,20). The molecule has 1 aromatic rings. The molecule has 0 spiro atoms. The first-order valence-corrected chi connectivity index (χ1v) is 6.85. The van der Waals surface area contributed by atoms with Gasteiger partial charge in [-0.05, 0) is 18.4 Å². The Bertz CT molecular complexity index is 540. The van der Waals surface area contributed by atoms with Crippen molar-refractivity contribution in [2.45, 2.75) is 39.2 Å². The minimum atomic E-state index is -1.02. The van der Waals surface area contributed by atoms with Crippen LogP contribution in [0.15, 0.2) is 0 Å². The summed E-state index contributed by atoms with van der Waals surface area (Å²) in [5.41, 5.74) is 1.95. The zero-order valence-corrected chi connectivity index (χ0v) is 12.5. The average Bonchev–Trinajstić information content (AvgIpc) is 2.49. The molecule has 0 aliphatic rings. The first kappa shape index (κ1) is 16.9. The number of aromatic nitrogens is 2. The van der Waals surface area contributed by atoms with Crippen LogP contribution in [0.1, 0.15) is 37.1 Å². The maximum Gasteiger partial charge on any atom is 0.326 e. The van der Waals surface area contributed by atoms with Crippen LogP contribution in [-0.4, -0.2) is 41.0 Å². The van der Waals surface area contributed by atoms with Crippen molar-refractivity contribution in [3.05, 3.63) is 16.8 Å². The molecule has 1 unspecified atom stereocenters. The van der Waals surface area contributed by atoms with E-state index < -0.39 is 12.0 Å². The van der Waals surface area contributed by atoms with Gasteiger partial charge in [-0.15, -0.1) is 5.10 Å². The predicted octanol–water partition coefficient (Wildman–Crippen LogP) is 1.37. The normalized spacial score (nSPS) is 11.7. The fourth-order valence-corrected chi connectivity index (χ4v) is 2.05. The van der Waals surface area contributed by atoms with Gasteiger partial charge >= 0.3 is 5.97 Å². The van der Waals surface area contributed by atoms with E-state index >= 15 is 0 Å². The van der Waals surface area contributed by atoms with Gasteiger partial charge in [-0.2, -0.15) is 10.4 Å². The number of aryl methyl sites for hydroxylation is 1. The van der Waals surface area contributed by atoms with Crippen molar-refractivity contribution >= 4 is 11.8 Å². The van der Waals surface area contributed by atoms with Crippen molar-refractivity contribution in [2.75, 3.05) is 19.0 Å². The highest BCUT2D eigenvalue weighted by molar-refractivity contribution is 5.77. The van der Waals surface area contributed by atoms with Gasteiger partial charge in [0.25, 0.3) is 0 Å². The topological polar surface area (TPSA) is 108 Å². The molecule has 0 amide bonds. The molecule has 0 radical (unpaired) electrons. The Morgan fingerprint density at radius 2 is 2.14 bits per heavy atom. The Morgan fingerprint density at radius 3 is 2.62 bits per heavy atom. The second-order valence-electron chi connectivity index (χ2n) is 4.48. The number of carbonyl (C=O) groups is 1. The van der Waals surface area contributed by atoms with Gasteiger partial charge in [-0.1, -0.05) is 13.8 Å². The largest absolute Gasteiger partial charge is 0.480 e. The van der Waals surface area contributed by atoms with Gasteiger partial charge in [0.05, 0.1) is 5.69 Å². The number of ether oxygens (including phenoxy) is 1. The number of methoxy groups -OCH3 is 1. The van der Waals surface area contributed by atoms with E-state index in [1.54, 1.807) is 0 Å². The Kier molecular flexibility index (Phi) is 6.56. The third-order valence-electron chi connectivity index (χ3n) is 3.18. The summed E-state index contributed by atoms with van der Waals surface area (Å²) < 4.78 is 4.89. The summed E-state index contributed by atoms with van der Waals surface area (Å²) >= 11 is 0. The lowest BCUT2D eigenvalue weighted by atomic mass is 10.0. The lowest BCUT2D eigenvalue weighted by Gasteiger charge is -2.17. The summed E-state index contributed by atoms with van der Waals surface area (Å²) in [6, 6.07) is 1.23. The van der Waals surface area contributed by atoms with E-state index in [4.69, 9.17) is 4.74 Å². The van der Waals surface area contributed by atoms with Gasteiger partial charge in [0.15, 0.2) is 5.82 Å². The molecule has 0 fully saturated rings. The fraction of sp³-hybridized carbons (Fsp3) is 0.571. The molecule has 0 aromatic carbocycles. The Morgan fingerprint density at radius 1 is 1.43 bits per heavy atom. The molecule has 0 aliphatic heterocycles. The number of nitrogens with one attached hydrogen (secondary N) is 1. The van der Waals surface area contributed by atoms with Crippen molar-refractivity contribution in [3.63, 3.8) is 0 Å². The van der Waals surface area contributed by atoms with E-state index in [1.807, 2.05) is 13.8 Å². The number of carboxylic acids is 1. The molecule has 0 saturated heterocycles. The lowest BCUT2D eigenvalue weighted by Crippen LogP contribution is -2.31. The van der Waals surface area contributed by atoms with E-state index in [0.29, 0.717) is 25.0 Å². The molecular formula is C14H20N4O3. The van der Waals surface area contributed by atoms with Crippen LogP contribution in [-0.2, 0) is 22.4 Å². The third-order valence-corrected chi connectivity index (χ3v) is 3.18. The number of nitriles is 1. The van der Waals surface area contributed by atoms with Crippen LogP contribution in [0, 0.1) is 11.3 Å². The molecule has 1 rings (SSSR count). The molecule has 1 aromatic heterocycles. The van der Waals surface area contributed by atoms with Crippen LogP contribution in [0.4, 0.5) is 5.82 Å². The predicted molar refractivity (Wildman–Crippen MR) is 77.0 cm³/mol. The molecule has 0 bridgehead atoms. The highest BCUT2D eigenvalue weighted by Gasteiger charge is 2.21. The van der Waals surface area contributed by atoms with Crippen molar-refractivity contribution in [1.82, 2.24) is 10.2 Å². The molecule has 0 saturated carbocycles. The number of rotatable bonds is 8. The van der Waals surface area contributed by atoms with E-state index in [1.165, 1.54) is 7.11 Å². The highest BCUT2D eigenvalue weighted by Crippen LogP contribution is 2.21. The third kappa shape index (κ3) is 4.13. The maximum absolute atomic E-state index is 11.2. The molecular weight excluding hydrogens is 272 g/mol. The smallest absolute Gasteiger partial charge is 0.326 e. The molecule has 7 nitrogen and oxygen atoms in total. The fourth-order valence-electron chi connectivity index (χ4n) is 2.05. The zero-order valence-electron chi connectivity index (χ0n) is 12.5. The molecule has 2 N–H and O–H groups in total. The second kappa shape index (κ2) is 8.17. The summed E-state index contributed by atoms with van der Waals surface area (Å²) in [7, 11) is 1.50. The van der Waals surface area contributed by atoms with E-state index in [0.717, 1.165) is 11.3 Å². The van der Waals surface area contributed by atoms with Gasteiger partial charge in [0, 0.05) is 20.1 Å². The van der Waals surface area contributed by atoms with E-state index in [9.17, 15) is 15.2 Å². The summed E-state index contributed by atoms with van der Waals surface area (Å²) in [6.07, 6.45) is 1.60. The molecule has 114 valence electrons. The minimum absolute atomic E-state index is 0.218. The Balaban J connectivity index is 3.12. The molecule has 1 heterocycles. The van der Waals surface area contributed by atoms with Gasteiger partial charge in [-0.25, -0.2) is 4.79 Å². The number of nitrogens with zero attached hydrogens (tertiary/aromatic N) is 3. The second-order valence-corrected chi connectivity index (χ2v) is 4.48. The van der Waals surface area contributed by atoms with Gasteiger partial charge < -0.3 is 15.2 Å². The Hall–Kier alpha value is -2.20. The molecule has 0 aliphatic carbocycles. The SMILES string of the molecule is CCc1nnc(NC(CCOC)C(=O)O)c(C#N)c1CC. The number of hydrogen-bond acceptors (Lipinski definition) is 6. The number of carboxylic acid groups (broad SMARTS) is 1. The van der Waals surface area contributed by atoms with Crippen LogP contribution in [0.25, 0.3) is 0 Å². The average molecular weight is 292 g/mol. The van der Waals surface area contributed by atoms with Gasteiger partial charge in [0.1, 0.15) is 17.7 Å². The van der Waals surface area contributed by atoms with Crippen molar-refractivity contribution in [2.24, 2.45) is 0 Å². The summed E-state index contributed by atoms with van der Waals surface area (Å²) in [5.74, 6) is -0.801. The monoisotopic (exact) mass is 292 g/mol. The quantitative estimate of drug-likeness (QED) is 0.745. The van der Waals surface area contributed by atoms with Gasteiger partial charge in [0.2, 0.25) is 0 Å². The molecule has 7 heteroatoms. The van der Waals surface area contributed by atoms with Crippen molar-refractivity contribution in [1.29, 1.82) is 5.26 Å². The van der Waals surface area contributed by atoms with Crippen LogP contribution in [0.5, 0.6) is 0 Å². The summed E-state index contributed by atoms with van der Waals surface area (Å²) in [5, 5.41) is 29.4. The van der Waals surface area contributed by atoms with Gasteiger partial charge in [-0.3, -0.25) is 0 Å². The van der Waals surface area contributed by atoms with Crippen LogP contribution >= 0.6 is 0 Å². The number of aliphatic carboxylic acids is 1. The van der Waals surface area contributed by atoms with Crippen LogP contribution in [0.2, 0.25) is 0 Å². The Labute approximate surface area is 124 Å². The van der Waals surface area contributed by atoms with Crippen LogP contribution in [0.3, 0.4) is 0 Å². The summed E-state index contributed by atoms with van der Waals surface area (Å²) in [6.45, 7) is 4.17. The van der Waals surface area contributed by atoms with Crippen molar-refractivity contribution in [3.8, 4) is 6.07 Å². The van der Waals surface area contributed by atoms with E-state index in [-0.39, 0.29) is 12.2 Å². The molecule has 1 atom stereocenters. The zero-order chi connectivity index (χ0) is 15.8. The van der Waals surface area contributed by atoms with Crippen molar-refractivity contribution < 1.29 is 14.6 Å². The first-order valence-electron chi connectivity index (χ1n) is 6.85. The van der Waals surface area contributed by atoms with Crippen LogP contribution < -0.4 is 5.32 Å². The highest BCUT2D eigenvalue weighted by atomic mass is 16.5. The maximum atomic E-state index is 11.2. The lowest BCUT2D eigenvalue weighted by molar-refractivity contribution is -0.138. The number of anilines is 1. The van der Waals surface area contributed by atoms with E-state index in [2.05, 4.69) is 21.6 Å². The minimum Gasteiger partial charge on any atom is -0.480 e.